The number of hydrogen-bond acceptors (Lipinski definition) is 3. The van der Waals surface area contributed by atoms with Crippen LogP contribution in [-0.4, -0.2) is 12.1 Å². The van der Waals surface area contributed by atoms with E-state index in [1.807, 2.05) is 26.0 Å². The van der Waals surface area contributed by atoms with Crippen LogP contribution in [0, 0.1) is 25.2 Å². The van der Waals surface area contributed by atoms with E-state index in [-0.39, 0.29) is 0 Å². The van der Waals surface area contributed by atoms with Gasteiger partial charge in [-0.05, 0) is 37.1 Å². The number of rotatable bonds is 1. The van der Waals surface area contributed by atoms with E-state index in [0.29, 0.717) is 5.56 Å². The highest BCUT2D eigenvalue weighted by molar-refractivity contribution is 5.86. The monoisotopic (exact) mass is 212 g/mol. The van der Waals surface area contributed by atoms with Crippen molar-refractivity contribution in [3.63, 3.8) is 0 Å². The van der Waals surface area contributed by atoms with Gasteiger partial charge in [-0.25, -0.2) is 0 Å². The molecule has 0 N–H and O–H groups in total. The van der Waals surface area contributed by atoms with Gasteiger partial charge in [-0.2, -0.15) is 5.26 Å². The van der Waals surface area contributed by atoms with Crippen molar-refractivity contribution in [2.75, 3.05) is 7.11 Å². The predicted molar refractivity (Wildman–Crippen MR) is 62.5 cm³/mol. The number of aromatic nitrogens is 1. The van der Waals surface area contributed by atoms with Crippen molar-refractivity contribution >= 4 is 10.9 Å². The molecule has 0 spiro atoms. The Morgan fingerprint density at radius 1 is 1.31 bits per heavy atom. The SMILES string of the molecule is COc1cc2c(C)c(C#N)cnc2cc1C. The first-order valence-electron chi connectivity index (χ1n) is 5.01. The highest BCUT2D eigenvalue weighted by atomic mass is 16.5. The molecule has 2 aromatic rings. The number of benzene rings is 1. The summed E-state index contributed by atoms with van der Waals surface area (Å²) in [7, 11) is 1.64. The van der Waals surface area contributed by atoms with E-state index in [9.17, 15) is 0 Å². The van der Waals surface area contributed by atoms with Crippen molar-refractivity contribution in [3.05, 3.63) is 35.0 Å². The lowest BCUT2D eigenvalue weighted by Gasteiger charge is -2.08. The second-order valence-electron chi connectivity index (χ2n) is 3.75. The predicted octanol–water partition coefficient (Wildman–Crippen LogP) is 2.73. The molecular formula is C13H12N2O. The first-order chi connectivity index (χ1) is 7.67. The molecule has 16 heavy (non-hydrogen) atoms. The number of nitrogens with zero attached hydrogens (tertiary/aromatic N) is 2. The Bertz CT molecular complexity index is 597. The van der Waals surface area contributed by atoms with Gasteiger partial charge in [-0.3, -0.25) is 4.98 Å². The molecule has 0 amide bonds. The van der Waals surface area contributed by atoms with Crippen LogP contribution in [0.1, 0.15) is 16.7 Å². The fraction of sp³-hybridized carbons (Fsp3) is 0.231. The average molecular weight is 212 g/mol. The van der Waals surface area contributed by atoms with Crippen LogP contribution in [-0.2, 0) is 0 Å². The minimum absolute atomic E-state index is 0.610. The summed E-state index contributed by atoms with van der Waals surface area (Å²) < 4.78 is 5.27. The molecule has 0 aliphatic carbocycles. The molecule has 0 bridgehead atoms. The van der Waals surface area contributed by atoms with E-state index in [0.717, 1.165) is 27.8 Å². The maximum absolute atomic E-state index is 8.94. The van der Waals surface area contributed by atoms with Crippen molar-refractivity contribution in [2.24, 2.45) is 0 Å². The first-order valence-corrected chi connectivity index (χ1v) is 5.01. The van der Waals surface area contributed by atoms with Gasteiger partial charge < -0.3 is 4.74 Å². The Kier molecular flexibility index (Phi) is 2.49. The van der Waals surface area contributed by atoms with E-state index in [4.69, 9.17) is 10.00 Å². The minimum atomic E-state index is 0.610. The van der Waals surface area contributed by atoms with Gasteiger partial charge in [0.1, 0.15) is 11.8 Å². The smallest absolute Gasteiger partial charge is 0.122 e. The Labute approximate surface area is 94.3 Å². The Morgan fingerprint density at radius 2 is 2.06 bits per heavy atom. The van der Waals surface area contributed by atoms with Gasteiger partial charge in [0.15, 0.2) is 0 Å². The van der Waals surface area contributed by atoms with Crippen LogP contribution >= 0.6 is 0 Å². The van der Waals surface area contributed by atoms with Crippen molar-refractivity contribution in [2.45, 2.75) is 13.8 Å². The van der Waals surface area contributed by atoms with E-state index in [2.05, 4.69) is 11.1 Å². The van der Waals surface area contributed by atoms with Crippen LogP contribution in [0.2, 0.25) is 0 Å². The zero-order valence-electron chi connectivity index (χ0n) is 9.53. The van der Waals surface area contributed by atoms with Crippen LogP contribution < -0.4 is 4.74 Å². The molecule has 2 rings (SSSR count). The lowest BCUT2D eigenvalue weighted by atomic mass is 10.0. The highest BCUT2D eigenvalue weighted by Crippen LogP contribution is 2.27. The molecule has 3 nitrogen and oxygen atoms in total. The Balaban J connectivity index is 2.83. The molecule has 0 fully saturated rings. The minimum Gasteiger partial charge on any atom is -0.496 e. The van der Waals surface area contributed by atoms with Crippen LogP contribution in [0.15, 0.2) is 18.3 Å². The first kappa shape index (κ1) is 10.4. The number of methoxy groups -OCH3 is 1. The van der Waals surface area contributed by atoms with Crippen LogP contribution in [0.25, 0.3) is 10.9 Å². The number of ether oxygens (including phenoxy) is 1. The lowest BCUT2D eigenvalue weighted by molar-refractivity contribution is 0.412. The molecule has 1 aromatic heterocycles. The topological polar surface area (TPSA) is 45.9 Å². The van der Waals surface area contributed by atoms with Gasteiger partial charge in [-0.1, -0.05) is 0 Å². The molecule has 0 saturated carbocycles. The zero-order valence-corrected chi connectivity index (χ0v) is 9.53. The average Bonchev–Trinajstić information content (AvgIpc) is 2.29. The van der Waals surface area contributed by atoms with E-state index >= 15 is 0 Å². The van der Waals surface area contributed by atoms with Gasteiger partial charge in [0.25, 0.3) is 0 Å². The van der Waals surface area contributed by atoms with Crippen LogP contribution in [0.5, 0.6) is 5.75 Å². The van der Waals surface area contributed by atoms with Crippen molar-refractivity contribution in [1.82, 2.24) is 4.98 Å². The highest BCUT2D eigenvalue weighted by Gasteiger charge is 2.07. The molecular weight excluding hydrogens is 200 g/mol. The van der Waals surface area contributed by atoms with Crippen molar-refractivity contribution in [3.8, 4) is 11.8 Å². The zero-order chi connectivity index (χ0) is 11.7. The molecule has 0 saturated heterocycles. The number of hydrogen-bond donors (Lipinski definition) is 0. The Hall–Kier alpha value is -2.08. The van der Waals surface area contributed by atoms with E-state index in [1.54, 1.807) is 13.3 Å². The third-order valence-electron chi connectivity index (χ3n) is 2.77. The summed E-state index contributed by atoms with van der Waals surface area (Å²) in [6.07, 6.45) is 1.61. The summed E-state index contributed by atoms with van der Waals surface area (Å²) in [6.45, 7) is 3.91. The molecule has 1 heterocycles. The van der Waals surface area contributed by atoms with E-state index in [1.165, 1.54) is 0 Å². The van der Waals surface area contributed by atoms with Gasteiger partial charge in [0, 0.05) is 11.6 Å². The second-order valence-corrected chi connectivity index (χ2v) is 3.75. The summed E-state index contributed by atoms with van der Waals surface area (Å²) in [5.41, 5.74) is 3.51. The number of fused-ring (bicyclic) bond motifs is 1. The van der Waals surface area contributed by atoms with Gasteiger partial charge >= 0.3 is 0 Å². The fourth-order valence-corrected chi connectivity index (χ4v) is 1.79. The number of pyridine rings is 1. The quantitative estimate of drug-likeness (QED) is 0.730. The van der Waals surface area contributed by atoms with Crippen LogP contribution in [0.4, 0.5) is 0 Å². The lowest BCUT2D eigenvalue weighted by Crippen LogP contribution is -1.92. The van der Waals surface area contributed by atoms with Crippen LogP contribution in [0.3, 0.4) is 0 Å². The van der Waals surface area contributed by atoms with Gasteiger partial charge in [-0.15, -0.1) is 0 Å². The second kappa shape index (κ2) is 3.82. The molecule has 0 aliphatic heterocycles. The van der Waals surface area contributed by atoms with Crippen molar-refractivity contribution in [1.29, 1.82) is 5.26 Å². The molecule has 0 aliphatic rings. The standard InChI is InChI=1S/C13H12N2O/c1-8-4-12-11(5-13(8)16-3)9(2)10(6-14)7-15-12/h4-5,7H,1-3H3. The van der Waals surface area contributed by atoms with E-state index < -0.39 is 0 Å². The fourth-order valence-electron chi connectivity index (χ4n) is 1.79. The van der Waals surface area contributed by atoms with Gasteiger partial charge in [0.2, 0.25) is 0 Å². The van der Waals surface area contributed by atoms with Crippen molar-refractivity contribution < 1.29 is 4.74 Å². The number of nitriles is 1. The third kappa shape index (κ3) is 1.49. The summed E-state index contributed by atoms with van der Waals surface area (Å²) in [4.78, 5) is 4.27. The maximum Gasteiger partial charge on any atom is 0.122 e. The molecule has 1 aromatic carbocycles. The summed E-state index contributed by atoms with van der Waals surface area (Å²) in [6, 6.07) is 6.05. The summed E-state index contributed by atoms with van der Waals surface area (Å²) >= 11 is 0. The third-order valence-corrected chi connectivity index (χ3v) is 2.77. The molecule has 0 unspecified atom stereocenters. The summed E-state index contributed by atoms with van der Waals surface area (Å²) in [5.74, 6) is 0.826. The van der Waals surface area contributed by atoms with Gasteiger partial charge in [0.05, 0.1) is 18.2 Å². The largest absolute Gasteiger partial charge is 0.496 e. The molecule has 3 heteroatoms. The number of aryl methyl sites for hydroxylation is 2. The molecule has 80 valence electrons. The Morgan fingerprint density at radius 3 is 2.69 bits per heavy atom. The normalized spacial score (nSPS) is 10.1. The summed E-state index contributed by atoms with van der Waals surface area (Å²) in [5, 5.41) is 9.91. The maximum atomic E-state index is 8.94. The molecule has 0 atom stereocenters. The molecule has 0 radical (unpaired) electrons.